The number of aryl methyl sites for hydroxylation is 1. The standard InChI is InChI=1S/C17H16Cl2N2O2/c1-9-2-5-14-10(6-9)7-12(16(22)20-14)17(23)21-15-8-11(18)3-4-13(15)19/h3-4,7-9H,2,5-6H2,1H3,(H,20,22)(H,21,23). The molecule has 0 radical (unpaired) electrons. The molecule has 1 aliphatic carbocycles. The minimum absolute atomic E-state index is 0.0916. The molecule has 1 unspecified atom stereocenters. The molecular weight excluding hydrogens is 335 g/mol. The van der Waals surface area contributed by atoms with Gasteiger partial charge in [0.25, 0.3) is 11.5 Å². The number of carbonyl (C=O) groups excluding carboxylic acids is 1. The second kappa shape index (κ2) is 6.38. The fourth-order valence-electron chi connectivity index (χ4n) is 2.84. The monoisotopic (exact) mass is 350 g/mol. The normalized spacial score (nSPS) is 16.7. The summed E-state index contributed by atoms with van der Waals surface area (Å²) in [6.07, 6.45) is 2.75. The molecule has 1 aromatic heterocycles. The molecule has 1 heterocycles. The van der Waals surface area contributed by atoms with Gasteiger partial charge in [-0.25, -0.2) is 0 Å². The molecule has 120 valence electrons. The van der Waals surface area contributed by atoms with Gasteiger partial charge in [-0.3, -0.25) is 9.59 Å². The van der Waals surface area contributed by atoms with Gasteiger partial charge < -0.3 is 10.3 Å². The molecule has 0 spiro atoms. The highest BCUT2D eigenvalue weighted by Crippen LogP contribution is 2.26. The average molecular weight is 351 g/mol. The Morgan fingerprint density at radius 3 is 2.87 bits per heavy atom. The van der Waals surface area contributed by atoms with Crippen molar-refractivity contribution < 1.29 is 4.79 Å². The molecule has 1 amide bonds. The van der Waals surface area contributed by atoms with Crippen molar-refractivity contribution in [2.75, 3.05) is 5.32 Å². The lowest BCUT2D eigenvalue weighted by Crippen LogP contribution is -2.27. The third-order valence-corrected chi connectivity index (χ3v) is 4.66. The summed E-state index contributed by atoms with van der Waals surface area (Å²) in [5.41, 5.74) is 2.06. The molecule has 23 heavy (non-hydrogen) atoms. The van der Waals surface area contributed by atoms with Gasteiger partial charge in [0.05, 0.1) is 10.7 Å². The van der Waals surface area contributed by atoms with Gasteiger partial charge in [0, 0.05) is 10.7 Å². The van der Waals surface area contributed by atoms with E-state index in [4.69, 9.17) is 23.2 Å². The molecule has 1 atom stereocenters. The van der Waals surface area contributed by atoms with Crippen LogP contribution in [0.15, 0.2) is 29.1 Å². The second-order valence-corrected chi connectivity index (χ2v) is 6.79. The van der Waals surface area contributed by atoms with E-state index in [-0.39, 0.29) is 11.1 Å². The summed E-state index contributed by atoms with van der Waals surface area (Å²) < 4.78 is 0. The van der Waals surface area contributed by atoms with Gasteiger partial charge in [0.1, 0.15) is 5.56 Å². The van der Waals surface area contributed by atoms with E-state index in [1.807, 2.05) is 0 Å². The zero-order valence-corrected chi connectivity index (χ0v) is 14.1. The quantitative estimate of drug-likeness (QED) is 0.857. The first kappa shape index (κ1) is 16.1. The van der Waals surface area contributed by atoms with Crippen molar-refractivity contribution in [2.24, 2.45) is 5.92 Å². The number of carbonyl (C=O) groups is 1. The molecule has 0 saturated heterocycles. The predicted octanol–water partition coefficient (Wildman–Crippen LogP) is 4.06. The van der Waals surface area contributed by atoms with Crippen LogP contribution in [0, 0.1) is 5.92 Å². The zero-order valence-electron chi connectivity index (χ0n) is 12.6. The summed E-state index contributed by atoms with van der Waals surface area (Å²) in [6, 6.07) is 6.47. The fraction of sp³-hybridized carbons (Fsp3) is 0.294. The van der Waals surface area contributed by atoms with Gasteiger partial charge in [0.15, 0.2) is 0 Å². The number of hydrogen-bond acceptors (Lipinski definition) is 2. The molecule has 4 nitrogen and oxygen atoms in total. The molecule has 1 aliphatic rings. The second-order valence-electron chi connectivity index (χ2n) is 5.94. The van der Waals surface area contributed by atoms with Crippen LogP contribution in [0.5, 0.6) is 0 Å². The Morgan fingerprint density at radius 1 is 1.30 bits per heavy atom. The van der Waals surface area contributed by atoms with E-state index in [0.29, 0.717) is 21.7 Å². The Hall–Kier alpha value is -1.78. The topological polar surface area (TPSA) is 62.0 Å². The van der Waals surface area contributed by atoms with E-state index < -0.39 is 5.91 Å². The van der Waals surface area contributed by atoms with E-state index in [1.165, 1.54) is 0 Å². The number of H-pyrrole nitrogens is 1. The maximum atomic E-state index is 12.4. The zero-order chi connectivity index (χ0) is 16.6. The van der Waals surface area contributed by atoms with Crippen molar-refractivity contribution in [1.29, 1.82) is 0 Å². The summed E-state index contributed by atoms with van der Waals surface area (Å²) in [6.45, 7) is 2.17. The highest BCUT2D eigenvalue weighted by atomic mass is 35.5. The van der Waals surface area contributed by atoms with E-state index in [2.05, 4.69) is 17.2 Å². The van der Waals surface area contributed by atoms with Crippen LogP contribution in [0.2, 0.25) is 10.0 Å². The highest BCUT2D eigenvalue weighted by Gasteiger charge is 2.20. The number of rotatable bonds is 2. The molecule has 3 rings (SSSR count). The molecular formula is C17H16Cl2N2O2. The Labute approximate surface area is 143 Å². The fourth-order valence-corrected chi connectivity index (χ4v) is 3.17. The maximum absolute atomic E-state index is 12.4. The highest BCUT2D eigenvalue weighted by molar-refractivity contribution is 6.35. The van der Waals surface area contributed by atoms with Crippen LogP contribution in [0.25, 0.3) is 0 Å². The molecule has 0 saturated carbocycles. The Kier molecular flexibility index (Phi) is 4.46. The number of fused-ring (bicyclic) bond motifs is 1. The van der Waals surface area contributed by atoms with Crippen LogP contribution in [0.4, 0.5) is 5.69 Å². The van der Waals surface area contributed by atoms with Crippen LogP contribution >= 0.6 is 23.2 Å². The molecule has 0 fully saturated rings. The molecule has 1 aromatic carbocycles. The number of hydrogen-bond donors (Lipinski definition) is 2. The average Bonchev–Trinajstić information content (AvgIpc) is 2.50. The van der Waals surface area contributed by atoms with Gasteiger partial charge >= 0.3 is 0 Å². The summed E-state index contributed by atoms with van der Waals surface area (Å²) in [4.78, 5) is 27.4. The van der Waals surface area contributed by atoms with Crippen LogP contribution in [-0.4, -0.2) is 10.9 Å². The lowest BCUT2D eigenvalue weighted by molar-refractivity contribution is 0.102. The summed E-state index contributed by atoms with van der Waals surface area (Å²) in [5, 5.41) is 3.47. The van der Waals surface area contributed by atoms with Crippen LogP contribution in [0.1, 0.15) is 35.0 Å². The number of aromatic nitrogens is 1. The summed E-state index contributed by atoms with van der Waals surface area (Å²) in [7, 11) is 0. The smallest absolute Gasteiger partial charge is 0.261 e. The minimum atomic E-state index is -0.489. The van der Waals surface area contributed by atoms with Crippen LogP contribution in [-0.2, 0) is 12.8 Å². The lowest BCUT2D eigenvalue weighted by atomic mass is 9.87. The Bertz CT molecular complexity index is 830. The van der Waals surface area contributed by atoms with Gasteiger partial charge in [-0.15, -0.1) is 0 Å². The van der Waals surface area contributed by atoms with Gasteiger partial charge in [-0.2, -0.15) is 0 Å². The number of nitrogens with one attached hydrogen (secondary N) is 2. The molecule has 2 N–H and O–H groups in total. The number of halogens is 2. The number of anilines is 1. The molecule has 2 aromatic rings. The van der Waals surface area contributed by atoms with Crippen molar-refractivity contribution in [1.82, 2.24) is 4.98 Å². The molecule has 0 aliphatic heterocycles. The molecule has 0 bridgehead atoms. The number of aromatic amines is 1. The first-order chi connectivity index (χ1) is 10.9. The third kappa shape index (κ3) is 3.43. The van der Waals surface area contributed by atoms with Crippen molar-refractivity contribution in [3.8, 4) is 0 Å². The lowest BCUT2D eigenvalue weighted by Gasteiger charge is -2.21. The first-order valence-electron chi connectivity index (χ1n) is 7.45. The SMILES string of the molecule is CC1CCc2[nH]c(=O)c(C(=O)Nc3cc(Cl)ccc3Cl)cc2C1. The van der Waals surface area contributed by atoms with E-state index in [0.717, 1.165) is 30.5 Å². The van der Waals surface area contributed by atoms with E-state index >= 15 is 0 Å². The number of benzene rings is 1. The molecule has 6 heteroatoms. The van der Waals surface area contributed by atoms with Crippen molar-refractivity contribution >= 4 is 34.8 Å². The van der Waals surface area contributed by atoms with Crippen molar-refractivity contribution in [2.45, 2.75) is 26.2 Å². The number of amides is 1. The predicted molar refractivity (Wildman–Crippen MR) is 92.7 cm³/mol. The Morgan fingerprint density at radius 2 is 2.09 bits per heavy atom. The van der Waals surface area contributed by atoms with Crippen LogP contribution in [0.3, 0.4) is 0 Å². The van der Waals surface area contributed by atoms with Gasteiger partial charge in [0.2, 0.25) is 0 Å². The Balaban J connectivity index is 1.92. The van der Waals surface area contributed by atoms with E-state index in [9.17, 15) is 9.59 Å². The third-order valence-electron chi connectivity index (χ3n) is 4.09. The van der Waals surface area contributed by atoms with Crippen molar-refractivity contribution in [3.05, 3.63) is 61.5 Å². The summed E-state index contributed by atoms with van der Waals surface area (Å²) in [5.74, 6) is 0.0585. The maximum Gasteiger partial charge on any atom is 0.261 e. The largest absolute Gasteiger partial charge is 0.325 e. The van der Waals surface area contributed by atoms with E-state index in [1.54, 1.807) is 24.3 Å². The van der Waals surface area contributed by atoms with Gasteiger partial charge in [-0.05, 0) is 55.0 Å². The number of pyridine rings is 1. The van der Waals surface area contributed by atoms with Gasteiger partial charge in [-0.1, -0.05) is 30.1 Å². The minimum Gasteiger partial charge on any atom is -0.325 e. The first-order valence-corrected chi connectivity index (χ1v) is 8.21. The summed E-state index contributed by atoms with van der Waals surface area (Å²) >= 11 is 12.0. The van der Waals surface area contributed by atoms with Crippen molar-refractivity contribution in [3.63, 3.8) is 0 Å². The van der Waals surface area contributed by atoms with Crippen LogP contribution < -0.4 is 10.9 Å².